The molecule has 0 aromatic heterocycles. The summed E-state index contributed by atoms with van der Waals surface area (Å²) in [5, 5.41) is 72.3. The number of hydrogen-bond acceptors (Lipinski definition) is 11. The van der Waals surface area contributed by atoms with Crippen LogP contribution >= 0.6 is 0 Å². The van der Waals surface area contributed by atoms with Crippen LogP contribution in [-0.4, -0.2) is 113 Å². The molecule has 4 atom stereocenters. The smallest absolute Gasteiger partial charge is 0.300 e. The molecular formula is C16H33NO15. The minimum atomic E-state index is -1.62. The molecule has 0 unspecified atom stereocenters. The molecule has 0 aliphatic heterocycles. The van der Waals surface area contributed by atoms with Gasteiger partial charge in [-0.2, -0.15) is 0 Å². The molecule has 16 nitrogen and oxygen atoms in total. The summed E-state index contributed by atoms with van der Waals surface area (Å²) in [6, 6.07) is -1.26. The van der Waals surface area contributed by atoms with Gasteiger partial charge in [0.2, 0.25) is 0 Å². The predicted octanol–water partition coefficient (Wildman–Crippen LogP) is -2.96. The highest BCUT2D eigenvalue weighted by Crippen LogP contribution is 2.01. The van der Waals surface area contributed by atoms with E-state index in [0.717, 1.165) is 34.6 Å². The van der Waals surface area contributed by atoms with Crippen molar-refractivity contribution in [2.24, 2.45) is 5.73 Å². The van der Waals surface area contributed by atoms with Crippen LogP contribution in [0.5, 0.6) is 0 Å². The number of carboxylic acids is 5. The van der Waals surface area contributed by atoms with E-state index in [2.05, 4.69) is 0 Å². The van der Waals surface area contributed by atoms with Crippen LogP contribution in [0.4, 0.5) is 0 Å². The third kappa shape index (κ3) is 109. The minimum Gasteiger partial charge on any atom is -0.481 e. The van der Waals surface area contributed by atoms with E-state index in [4.69, 9.17) is 75.7 Å². The molecule has 192 valence electrons. The Morgan fingerprint density at radius 3 is 0.969 bits per heavy atom. The summed E-state index contributed by atoms with van der Waals surface area (Å²) in [6.45, 7) is 4.71. The number of aldehydes is 1. The summed E-state index contributed by atoms with van der Waals surface area (Å²) < 4.78 is 0. The first-order valence-corrected chi connectivity index (χ1v) is 8.04. The first-order chi connectivity index (χ1) is 14.2. The largest absolute Gasteiger partial charge is 0.481 e. The summed E-state index contributed by atoms with van der Waals surface area (Å²) in [5.41, 5.74) is 5.04. The lowest BCUT2D eigenvalue weighted by Crippen LogP contribution is -2.49. The second-order valence-corrected chi connectivity index (χ2v) is 5.04. The van der Waals surface area contributed by atoms with Crippen LogP contribution in [0.1, 0.15) is 34.6 Å². The van der Waals surface area contributed by atoms with Gasteiger partial charge in [0, 0.05) is 34.6 Å². The Hall–Kier alpha value is -3.18. The zero-order valence-electron chi connectivity index (χ0n) is 18.1. The van der Waals surface area contributed by atoms with Crippen LogP contribution in [0.3, 0.4) is 0 Å². The van der Waals surface area contributed by atoms with E-state index in [0.29, 0.717) is 0 Å². The molecule has 0 heterocycles. The van der Waals surface area contributed by atoms with Crippen LogP contribution in [0.2, 0.25) is 0 Å². The van der Waals surface area contributed by atoms with E-state index >= 15 is 0 Å². The highest BCUT2D eigenvalue weighted by molar-refractivity contribution is 5.64. The first-order valence-electron chi connectivity index (χ1n) is 8.04. The Kier molecular flexibility index (Phi) is 40.2. The van der Waals surface area contributed by atoms with Crippen molar-refractivity contribution in [1.82, 2.24) is 0 Å². The summed E-state index contributed by atoms with van der Waals surface area (Å²) in [6.07, 6.45) is -4.43. The maximum Gasteiger partial charge on any atom is 0.300 e. The topological polar surface area (TPSA) is 311 Å². The number of aliphatic carboxylic acids is 5. The molecule has 0 saturated heterocycles. The summed E-state index contributed by atoms with van der Waals surface area (Å²) in [7, 11) is 0. The van der Waals surface area contributed by atoms with Gasteiger partial charge in [-0.3, -0.25) is 24.0 Å². The predicted molar refractivity (Wildman–Crippen MR) is 106 cm³/mol. The van der Waals surface area contributed by atoms with E-state index in [1.165, 1.54) is 0 Å². The van der Waals surface area contributed by atoms with Gasteiger partial charge in [-0.1, -0.05) is 0 Å². The van der Waals surface area contributed by atoms with Gasteiger partial charge < -0.3 is 56.5 Å². The second-order valence-electron chi connectivity index (χ2n) is 5.04. The molecule has 0 radical (unpaired) electrons. The minimum absolute atomic E-state index is 0.248. The average molecular weight is 479 g/mol. The first kappa shape index (κ1) is 42.8. The van der Waals surface area contributed by atoms with Gasteiger partial charge in [0.25, 0.3) is 29.8 Å². The van der Waals surface area contributed by atoms with Crippen LogP contribution in [-0.2, 0) is 28.8 Å². The van der Waals surface area contributed by atoms with Crippen molar-refractivity contribution < 1.29 is 74.7 Å². The van der Waals surface area contributed by atoms with Crippen molar-refractivity contribution in [3.63, 3.8) is 0 Å². The van der Waals surface area contributed by atoms with Crippen molar-refractivity contribution in [3.8, 4) is 0 Å². The number of rotatable bonds is 5. The number of hydrogen-bond donors (Lipinski definition) is 10. The molecular weight excluding hydrogens is 446 g/mol. The standard InChI is InChI=1S/C6H13NO5.5C2H4O2/c7-3(1-8)5(11)6(12)4(10)2-9;5*1-2(3)4/h1,3-6,9-12H,2,7H2;5*1H3,(H,3,4)/t3-,4+,5+,6+;;;;;/m0...../s1. The van der Waals surface area contributed by atoms with Crippen LogP contribution in [0.25, 0.3) is 0 Å². The number of carbonyl (C=O) groups excluding carboxylic acids is 1. The molecule has 16 heteroatoms. The van der Waals surface area contributed by atoms with Gasteiger partial charge in [-0.15, -0.1) is 0 Å². The highest BCUT2D eigenvalue weighted by Gasteiger charge is 2.28. The molecule has 11 N–H and O–H groups in total. The van der Waals surface area contributed by atoms with Gasteiger partial charge in [-0.05, 0) is 0 Å². The maximum atomic E-state index is 10.0. The fraction of sp³-hybridized carbons (Fsp3) is 0.625. The zero-order chi connectivity index (χ0) is 27.6. The van der Waals surface area contributed by atoms with Gasteiger partial charge in [0.1, 0.15) is 24.6 Å². The molecule has 0 aliphatic carbocycles. The number of aliphatic hydroxyl groups excluding tert-OH is 4. The number of carbonyl (C=O) groups is 6. The van der Waals surface area contributed by atoms with Crippen LogP contribution in [0, 0.1) is 0 Å². The van der Waals surface area contributed by atoms with Gasteiger partial charge in [0.15, 0.2) is 0 Å². The van der Waals surface area contributed by atoms with Crippen molar-refractivity contribution in [1.29, 1.82) is 0 Å². The second kappa shape index (κ2) is 30.0. The molecule has 0 spiro atoms. The van der Waals surface area contributed by atoms with Crippen molar-refractivity contribution >= 4 is 36.1 Å². The van der Waals surface area contributed by atoms with Gasteiger partial charge in [-0.25, -0.2) is 0 Å². The quantitative estimate of drug-likeness (QED) is 0.176. The molecule has 0 saturated carbocycles. The molecule has 0 aromatic rings. The number of nitrogens with two attached hydrogens (primary N) is 1. The molecule has 32 heavy (non-hydrogen) atoms. The lowest BCUT2D eigenvalue weighted by molar-refractivity contribution is -0.135. The Bertz CT molecular complexity index is 434. The van der Waals surface area contributed by atoms with E-state index in [1.54, 1.807) is 0 Å². The third-order valence-corrected chi connectivity index (χ3v) is 1.48. The SMILES string of the molecule is CC(=O)O.CC(=O)O.CC(=O)O.CC(=O)O.CC(=O)O.N[C@@H](C=O)[C@@H](O)[C@H](O)[C@H](O)CO. The monoisotopic (exact) mass is 479 g/mol. The lowest BCUT2D eigenvalue weighted by atomic mass is 10.0. The van der Waals surface area contributed by atoms with Crippen molar-refractivity contribution in [3.05, 3.63) is 0 Å². The fourth-order valence-electron chi connectivity index (χ4n) is 0.644. The summed E-state index contributed by atoms with van der Waals surface area (Å²) in [4.78, 5) is 55.0. The molecule has 0 amide bonds. The zero-order valence-corrected chi connectivity index (χ0v) is 18.1. The molecule has 0 aliphatic rings. The maximum absolute atomic E-state index is 10.0. The van der Waals surface area contributed by atoms with Gasteiger partial charge in [0.05, 0.1) is 12.6 Å². The summed E-state index contributed by atoms with van der Waals surface area (Å²) >= 11 is 0. The van der Waals surface area contributed by atoms with Crippen molar-refractivity contribution in [2.75, 3.05) is 6.61 Å². The van der Waals surface area contributed by atoms with E-state index in [-0.39, 0.29) is 6.29 Å². The fourth-order valence-corrected chi connectivity index (χ4v) is 0.644. The highest BCUT2D eigenvalue weighted by atomic mass is 16.4. The Balaban J connectivity index is -0.0000000706. The van der Waals surface area contributed by atoms with Crippen molar-refractivity contribution in [2.45, 2.75) is 59.0 Å². The average Bonchev–Trinajstić information content (AvgIpc) is 2.56. The van der Waals surface area contributed by atoms with E-state index in [9.17, 15) is 4.79 Å². The Morgan fingerprint density at radius 1 is 0.656 bits per heavy atom. The van der Waals surface area contributed by atoms with Gasteiger partial charge >= 0.3 is 0 Å². The Morgan fingerprint density at radius 2 is 0.844 bits per heavy atom. The third-order valence-electron chi connectivity index (χ3n) is 1.48. The normalized spacial score (nSPS) is 11.8. The Labute approximate surface area is 183 Å². The van der Waals surface area contributed by atoms with E-state index in [1.807, 2.05) is 0 Å². The van der Waals surface area contributed by atoms with Crippen LogP contribution in [0.15, 0.2) is 0 Å². The number of aliphatic hydroxyl groups is 4. The molecule has 0 rings (SSSR count). The molecule has 0 fully saturated rings. The number of carboxylic acid groups (broad SMARTS) is 5. The molecule has 0 aromatic carbocycles. The molecule has 0 bridgehead atoms. The van der Waals surface area contributed by atoms with Crippen LogP contribution < -0.4 is 5.73 Å². The summed E-state index contributed by atoms with van der Waals surface area (Å²) in [5.74, 6) is -4.17. The lowest BCUT2D eigenvalue weighted by Gasteiger charge is -2.23. The van der Waals surface area contributed by atoms with E-state index < -0.39 is 60.8 Å².